The summed E-state index contributed by atoms with van der Waals surface area (Å²) >= 11 is 0. The van der Waals surface area contributed by atoms with Crippen LogP contribution in [0.25, 0.3) is 0 Å². The van der Waals surface area contributed by atoms with Crippen LogP contribution in [0.3, 0.4) is 0 Å². The molecule has 0 aromatic heterocycles. The van der Waals surface area contributed by atoms with E-state index in [9.17, 15) is 14.0 Å². The number of nitrogens with zero attached hydrogens (tertiary/aromatic N) is 1. The lowest BCUT2D eigenvalue weighted by Crippen LogP contribution is -2.38. The highest BCUT2D eigenvalue weighted by molar-refractivity contribution is 5.91. The van der Waals surface area contributed by atoms with Gasteiger partial charge in [0.25, 0.3) is 0 Å². The van der Waals surface area contributed by atoms with Crippen molar-refractivity contribution in [2.75, 3.05) is 25.1 Å². The van der Waals surface area contributed by atoms with E-state index >= 15 is 0 Å². The summed E-state index contributed by atoms with van der Waals surface area (Å²) < 4.78 is 18.3. The van der Waals surface area contributed by atoms with Crippen molar-refractivity contribution in [1.82, 2.24) is 5.32 Å². The fourth-order valence-electron chi connectivity index (χ4n) is 2.45. The molecule has 2 amide bonds. The Balaban J connectivity index is 1.90. The number of amides is 2. The molecule has 0 saturated heterocycles. The minimum absolute atomic E-state index is 0.0942. The van der Waals surface area contributed by atoms with Crippen molar-refractivity contribution in [3.05, 3.63) is 59.9 Å². The molecule has 1 N–H and O–H groups in total. The molecule has 2 rings (SSSR count). The van der Waals surface area contributed by atoms with E-state index in [0.29, 0.717) is 30.1 Å². The number of ether oxygens (including phenoxy) is 1. The lowest BCUT2D eigenvalue weighted by molar-refractivity contribution is -0.121. The Morgan fingerprint density at radius 2 is 1.92 bits per heavy atom. The number of rotatable bonds is 7. The van der Waals surface area contributed by atoms with Crippen molar-refractivity contribution in [3.8, 4) is 5.75 Å². The number of halogens is 1. The summed E-state index contributed by atoms with van der Waals surface area (Å²) in [6.45, 7) is 2.09. The molecular weight excluding hydrogens is 323 g/mol. The largest absolute Gasteiger partial charge is 0.497 e. The molecule has 5 nitrogen and oxygen atoms in total. The highest BCUT2D eigenvalue weighted by Gasteiger charge is 2.12. The molecule has 0 unspecified atom stereocenters. The van der Waals surface area contributed by atoms with Crippen LogP contribution >= 0.6 is 0 Å². The van der Waals surface area contributed by atoms with Gasteiger partial charge in [0.15, 0.2) is 0 Å². The number of carbonyl (C=O) groups is 2. The van der Waals surface area contributed by atoms with Gasteiger partial charge in [-0.1, -0.05) is 18.2 Å². The maximum atomic E-state index is 13.1. The number of benzene rings is 2. The molecule has 0 heterocycles. The topological polar surface area (TPSA) is 58.6 Å². The molecule has 0 saturated carbocycles. The maximum absolute atomic E-state index is 13.1. The Morgan fingerprint density at radius 3 is 2.60 bits per heavy atom. The Hall–Kier alpha value is -2.89. The predicted molar refractivity (Wildman–Crippen MR) is 94.1 cm³/mol. The third kappa shape index (κ3) is 5.60. The fourth-order valence-corrected chi connectivity index (χ4v) is 2.45. The van der Waals surface area contributed by atoms with Crippen molar-refractivity contribution in [2.24, 2.45) is 0 Å². The van der Waals surface area contributed by atoms with Crippen LogP contribution in [0.5, 0.6) is 5.75 Å². The predicted octanol–water partition coefficient (Wildman–Crippen LogP) is 2.55. The Morgan fingerprint density at radius 1 is 1.16 bits per heavy atom. The number of carbonyl (C=O) groups excluding carboxylic acids is 2. The molecule has 0 atom stereocenters. The Bertz CT molecular complexity index is 749. The average molecular weight is 344 g/mol. The third-order valence-electron chi connectivity index (χ3n) is 3.66. The average Bonchev–Trinajstić information content (AvgIpc) is 2.58. The first-order valence-electron chi connectivity index (χ1n) is 7.93. The van der Waals surface area contributed by atoms with E-state index in [0.717, 1.165) is 0 Å². The van der Waals surface area contributed by atoms with Gasteiger partial charge < -0.3 is 15.0 Å². The van der Waals surface area contributed by atoms with Gasteiger partial charge in [0, 0.05) is 31.8 Å². The molecule has 0 aliphatic rings. The number of anilines is 1. The number of hydrogen-bond acceptors (Lipinski definition) is 3. The van der Waals surface area contributed by atoms with Gasteiger partial charge in [0.2, 0.25) is 11.8 Å². The second-order valence-electron chi connectivity index (χ2n) is 5.53. The minimum atomic E-state index is -0.369. The molecule has 0 bridgehead atoms. The van der Waals surface area contributed by atoms with Gasteiger partial charge >= 0.3 is 0 Å². The van der Waals surface area contributed by atoms with Crippen LogP contribution < -0.4 is 15.0 Å². The van der Waals surface area contributed by atoms with E-state index in [-0.39, 0.29) is 24.1 Å². The second-order valence-corrected chi connectivity index (χ2v) is 5.53. The van der Waals surface area contributed by atoms with Gasteiger partial charge in [-0.2, -0.15) is 0 Å². The molecule has 2 aromatic rings. The molecule has 0 radical (unpaired) electrons. The van der Waals surface area contributed by atoms with E-state index < -0.39 is 0 Å². The van der Waals surface area contributed by atoms with Crippen LogP contribution in [0, 0.1) is 5.82 Å². The van der Waals surface area contributed by atoms with Crippen molar-refractivity contribution < 1.29 is 18.7 Å². The fraction of sp³-hybridized carbons (Fsp3) is 0.263. The molecule has 0 aliphatic heterocycles. The van der Waals surface area contributed by atoms with Crippen LogP contribution in [0.15, 0.2) is 48.5 Å². The van der Waals surface area contributed by atoms with Gasteiger partial charge in [-0.3, -0.25) is 9.59 Å². The highest BCUT2D eigenvalue weighted by atomic mass is 19.1. The Labute approximate surface area is 146 Å². The summed E-state index contributed by atoms with van der Waals surface area (Å²) in [5, 5.41) is 2.75. The molecule has 0 aliphatic carbocycles. The van der Waals surface area contributed by atoms with E-state index in [1.165, 1.54) is 19.1 Å². The van der Waals surface area contributed by atoms with Gasteiger partial charge in [-0.15, -0.1) is 0 Å². The SMILES string of the molecule is COc1cccc(N(CCNC(=O)Cc2cccc(F)c2)C(C)=O)c1. The molecule has 132 valence electrons. The third-order valence-corrected chi connectivity index (χ3v) is 3.66. The second kappa shape index (κ2) is 8.82. The first-order valence-corrected chi connectivity index (χ1v) is 7.93. The summed E-state index contributed by atoms with van der Waals surface area (Å²) in [4.78, 5) is 25.4. The Kier molecular flexibility index (Phi) is 6.51. The van der Waals surface area contributed by atoms with Crippen LogP contribution in [0.2, 0.25) is 0 Å². The van der Waals surface area contributed by atoms with E-state index in [1.807, 2.05) is 0 Å². The molecule has 0 fully saturated rings. The smallest absolute Gasteiger partial charge is 0.224 e. The van der Waals surface area contributed by atoms with E-state index in [2.05, 4.69) is 5.32 Å². The first-order chi connectivity index (χ1) is 12.0. The maximum Gasteiger partial charge on any atom is 0.224 e. The molecular formula is C19H21FN2O3. The molecule has 0 spiro atoms. The van der Waals surface area contributed by atoms with E-state index in [1.54, 1.807) is 48.4 Å². The zero-order valence-corrected chi connectivity index (χ0v) is 14.3. The summed E-state index contributed by atoms with van der Waals surface area (Å²) in [6, 6.07) is 13.1. The van der Waals surface area contributed by atoms with Gasteiger partial charge in [-0.25, -0.2) is 4.39 Å². The standard InChI is InChI=1S/C19H21FN2O3/c1-14(23)22(17-7-4-8-18(13-17)25-2)10-9-21-19(24)12-15-5-3-6-16(20)11-15/h3-8,11,13H,9-10,12H2,1-2H3,(H,21,24). The van der Waals surface area contributed by atoms with Crippen molar-refractivity contribution in [2.45, 2.75) is 13.3 Å². The van der Waals surface area contributed by atoms with Gasteiger partial charge in [0.05, 0.1) is 13.5 Å². The van der Waals surface area contributed by atoms with Crippen molar-refractivity contribution in [3.63, 3.8) is 0 Å². The van der Waals surface area contributed by atoms with Crippen LogP contribution in [0.4, 0.5) is 10.1 Å². The van der Waals surface area contributed by atoms with Crippen molar-refractivity contribution in [1.29, 1.82) is 0 Å². The van der Waals surface area contributed by atoms with E-state index in [4.69, 9.17) is 4.74 Å². The quantitative estimate of drug-likeness (QED) is 0.840. The van der Waals surface area contributed by atoms with Gasteiger partial charge in [0.1, 0.15) is 11.6 Å². The number of nitrogens with one attached hydrogen (secondary N) is 1. The summed E-state index contributed by atoms with van der Waals surface area (Å²) in [5.41, 5.74) is 1.31. The normalized spacial score (nSPS) is 10.2. The lowest BCUT2D eigenvalue weighted by atomic mass is 10.1. The van der Waals surface area contributed by atoms with Gasteiger partial charge in [-0.05, 0) is 29.8 Å². The summed E-state index contributed by atoms with van der Waals surface area (Å²) in [7, 11) is 1.56. The summed E-state index contributed by atoms with van der Waals surface area (Å²) in [6.07, 6.45) is 0.0942. The molecule has 2 aromatic carbocycles. The van der Waals surface area contributed by atoms with Crippen LogP contribution in [-0.2, 0) is 16.0 Å². The van der Waals surface area contributed by atoms with Crippen molar-refractivity contribution >= 4 is 17.5 Å². The first kappa shape index (κ1) is 18.4. The van der Waals surface area contributed by atoms with Crippen LogP contribution in [-0.4, -0.2) is 32.0 Å². The minimum Gasteiger partial charge on any atom is -0.497 e. The highest BCUT2D eigenvalue weighted by Crippen LogP contribution is 2.20. The molecule has 6 heteroatoms. The van der Waals surface area contributed by atoms with Crippen LogP contribution in [0.1, 0.15) is 12.5 Å². The molecule has 25 heavy (non-hydrogen) atoms. The zero-order chi connectivity index (χ0) is 18.2. The number of hydrogen-bond donors (Lipinski definition) is 1. The summed E-state index contributed by atoms with van der Waals surface area (Å²) in [5.74, 6) is -0.0719. The monoisotopic (exact) mass is 344 g/mol. The lowest BCUT2D eigenvalue weighted by Gasteiger charge is -2.22. The number of methoxy groups -OCH3 is 1. The zero-order valence-electron chi connectivity index (χ0n) is 14.3.